The van der Waals surface area contributed by atoms with Crippen LogP contribution in [0.25, 0.3) is 0 Å². The summed E-state index contributed by atoms with van der Waals surface area (Å²) in [7, 11) is 0. The third kappa shape index (κ3) is 5.66. The molecule has 170 valence electrons. The van der Waals surface area contributed by atoms with Gasteiger partial charge in [0.25, 0.3) is 5.82 Å². The average molecular weight is 440 g/mol. The third-order valence-corrected chi connectivity index (χ3v) is 5.94. The molecule has 2 N–H and O–H groups in total. The zero-order valence-electron chi connectivity index (χ0n) is 17.0. The highest BCUT2D eigenvalue weighted by atomic mass is 19.1. The van der Waals surface area contributed by atoms with E-state index < -0.39 is 35.8 Å². The number of carbonyl (C=O) groups excluding carboxylic acids is 3. The van der Waals surface area contributed by atoms with E-state index in [0.29, 0.717) is 17.7 Å². The molecule has 1 aliphatic carbocycles. The van der Waals surface area contributed by atoms with Crippen molar-refractivity contribution in [2.75, 3.05) is 18.4 Å². The first-order chi connectivity index (χ1) is 14.8. The summed E-state index contributed by atoms with van der Waals surface area (Å²) in [5.74, 6) is -2.85. The number of nitrogens with one attached hydrogen (secondary N) is 1. The van der Waals surface area contributed by atoms with Crippen LogP contribution in [0.2, 0.25) is 0 Å². The molecule has 31 heavy (non-hydrogen) atoms. The highest BCUT2D eigenvalue weighted by Crippen LogP contribution is 2.32. The number of nitrogens with zero attached hydrogens (tertiary/aromatic N) is 3. The number of pyridine rings is 1. The first kappa shape index (κ1) is 22.9. The molecule has 1 aromatic heterocycles. The van der Waals surface area contributed by atoms with Gasteiger partial charge in [0.05, 0.1) is 19.0 Å². The van der Waals surface area contributed by atoms with Crippen molar-refractivity contribution >= 4 is 24.0 Å². The monoisotopic (exact) mass is 440 g/mol. The zero-order valence-corrected chi connectivity index (χ0v) is 17.0. The SMILES string of the molecule is O=CN(O)C[C@@H](CC1CCCC1)C(=O)N1C[C@H](F)C[C@H]1C(=O)Nc1ccc(F)c[n+]1[O-]. The summed E-state index contributed by atoms with van der Waals surface area (Å²) in [5, 5.41) is 24.1. The fourth-order valence-corrected chi connectivity index (χ4v) is 4.44. The number of hydroxylamine groups is 2. The number of amides is 3. The summed E-state index contributed by atoms with van der Waals surface area (Å²) >= 11 is 0. The number of rotatable bonds is 8. The minimum Gasteiger partial charge on any atom is -0.711 e. The first-order valence-electron chi connectivity index (χ1n) is 10.3. The van der Waals surface area contributed by atoms with Gasteiger partial charge in [-0.3, -0.25) is 14.8 Å². The first-order valence-corrected chi connectivity index (χ1v) is 10.3. The molecule has 2 aliphatic rings. The Morgan fingerprint density at radius 3 is 2.74 bits per heavy atom. The summed E-state index contributed by atoms with van der Waals surface area (Å²) in [6.45, 7) is -0.551. The van der Waals surface area contributed by atoms with Gasteiger partial charge in [0.2, 0.25) is 12.3 Å². The van der Waals surface area contributed by atoms with E-state index in [1.54, 1.807) is 0 Å². The lowest BCUT2D eigenvalue weighted by atomic mass is 9.91. The van der Waals surface area contributed by atoms with Crippen LogP contribution >= 0.6 is 0 Å². The van der Waals surface area contributed by atoms with E-state index in [0.717, 1.165) is 42.7 Å². The predicted molar refractivity (Wildman–Crippen MR) is 104 cm³/mol. The van der Waals surface area contributed by atoms with E-state index in [2.05, 4.69) is 5.32 Å². The van der Waals surface area contributed by atoms with Gasteiger partial charge in [0.15, 0.2) is 5.82 Å². The van der Waals surface area contributed by atoms with Crippen LogP contribution in [-0.4, -0.2) is 58.7 Å². The number of aromatic nitrogens is 1. The molecule has 11 heteroatoms. The second-order valence-corrected chi connectivity index (χ2v) is 8.20. The van der Waals surface area contributed by atoms with Crippen LogP contribution in [-0.2, 0) is 14.4 Å². The van der Waals surface area contributed by atoms with Gasteiger partial charge in [0.1, 0.15) is 18.4 Å². The van der Waals surface area contributed by atoms with Crippen molar-refractivity contribution in [3.05, 3.63) is 29.4 Å². The Kier molecular flexibility index (Phi) is 7.37. The maximum Gasteiger partial charge on any atom is 0.330 e. The summed E-state index contributed by atoms with van der Waals surface area (Å²) in [4.78, 5) is 37.9. The van der Waals surface area contributed by atoms with Crippen molar-refractivity contribution in [1.82, 2.24) is 9.96 Å². The second-order valence-electron chi connectivity index (χ2n) is 8.20. The van der Waals surface area contributed by atoms with Crippen molar-refractivity contribution in [2.45, 2.75) is 50.7 Å². The molecule has 0 bridgehead atoms. The molecule has 3 rings (SSSR count). The normalized spacial score (nSPS) is 22.4. The van der Waals surface area contributed by atoms with Gasteiger partial charge in [-0.05, 0) is 18.4 Å². The molecular weight excluding hydrogens is 414 g/mol. The molecule has 0 aromatic carbocycles. The summed E-state index contributed by atoms with van der Waals surface area (Å²) < 4.78 is 27.5. The van der Waals surface area contributed by atoms with Crippen molar-refractivity contribution in [3.63, 3.8) is 0 Å². The Labute approximate surface area is 178 Å². The van der Waals surface area contributed by atoms with E-state index in [4.69, 9.17) is 0 Å². The molecule has 0 spiro atoms. The Morgan fingerprint density at radius 1 is 1.39 bits per heavy atom. The average Bonchev–Trinajstić information content (AvgIpc) is 3.38. The van der Waals surface area contributed by atoms with Gasteiger partial charge in [-0.25, -0.2) is 28.7 Å². The topological polar surface area (TPSA) is 117 Å². The number of carbonyl (C=O) groups is 3. The zero-order chi connectivity index (χ0) is 22.5. The Balaban J connectivity index is 1.75. The second kappa shape index (κ2) is 9.99. The molecule has 9 nitrogen and oxygen atoms in total. The van der Waals surface area contributed by atoms with Crippen LogP contribution in [0.4, 0.5) is 14.6 Å². The molecule has 2 heterocycles. The van der Waals surface area contributed by atoms with Gasteiger partial charge in [0, 0.05) is 12.5 Å². The maximum absolute atomic E-state index is 14.2. The van der Waals surface area contributed by atoms with Crippen LogP contribution in [0.1, 0.15) is 38.5 Å². The molecule has 1 saturated heterocycles. The van der Waals surface area contributed by atoms with E-state index in [1.807, 2.05) is 0 Å². The van der Waals surface area contributed by atoms with Gasteiger partial charge in [-0.1, -0.05) is 25.7 Å². The van der Waals surface area contributed by atoms with Crippen molar-refractivity contribution in [1.29, 1.82) is 0 Å². The van der Waals surface area contributed by atoms with Crippen molar-refractivity contribution in [2.24, 2.45) is 11.8 Å². The number of halogens is 2. The maximum atomic E-state index is 14.2. The molecular formula is C20H26F2N4O5. The number of alkyl halides is 1. The highest BCUT2D eigenvalue weighted by Gasteiger charge is 2.44. The quantitative estimate of drug-likeness (QED) is 0.208. The van der Waals surface area contributed by atoms with E-state index in [-0.39, 0.29) is 42.4 Å². The molecule has 0 unspecified atom stereocenters. The summed E-state index contributed by atoms with van der Waals surface area (Å²) in [5.41, 5.74) is 0. The molecule has 1 aliphatic heterocycles. The Morgan fingerprint density at radius 2 is 2.10 bits per heavy atom. The molecule has 0 radical (unpaired) electrons. The van der Waals surface area contributed by atoms with Gasteiger partial charge in [-0.15, -0.1) is 0 Å². The summed E-state index contributed by atoms with van der Waals surface area (Å²) in [6.07, 6.45) is 3.51. The molecule has 3 atom stereocenters. The van der Waals surface area contributed by atoms with E-state index in [9.17, 15) is 33.6 Å². The fourth-order valence-electron chi connectivity index (χ4n) is 4.44. The van der Waals surface area contributed by atoms with Gasteiger partial charge >= 0.3 is 5.91 Å². The van der Waals surface area contributed by atoms with Gasteiger partial charge in [-0.2, -0.15) is 0 Å². The van der Waals surface area contributed by atoms with Crippen LogP contribution in [0.3, 0.4) is 0 Å². The Bertz CT molecular complexity index is 821. The highest BCUT2D eigenvalue weighted by molar-refractivity contribution is 5.97. The smallest absolute Gasteiger partial charge is 0.330 e. The number of likely N-dealkylation sites (tertiary alicyclic amines) is 1. The van der Waals surface area contributed by atoms with Crippen LogP contribution in [0.5, 0.6) is 0 Å². The summed E-state index contributed by atoms with van der Waals surface area (Å²) in [6, 6.07) is 0.902. The fraction of sp³-hybridized carbons (Fsp3) is 0.600. The molecule has 3 amide bonds. The lowest BCUT2D eigenvalue weighted by Gasteiger charge is -2.29. The molecule has 2 fully saturated rings. The molecule has 1 saturated carbocycles. The minimum atomic E-state index is -1.43. The van der Waals surface area contributed by atoms with Crippen molar-refractivity contribution < 1.29 is 33.1 Å². The van der Waals surface area contributed by atoms with E-state index >= 15 is 0 Å². The lowest BCUT2D eigenvalue weighted by Crippen LogP contribution is -2.48. The number of hydrogen-bond donors (Lipinski definition) is 2. The third-order valence-electron chi connectivity index (χ3n) is 5.94. The van der Waals surface area contributed by atoms with Crippen LogP contribution in [0.15, 0.2) is 18.3 Å². The van der Waals surface area contributed by atoms with Crippen LogP contribution < -0.4 is 10.0 Å². The number of hydrogen-bond acceptors (Lipinski definition) is 5. The minimum absolute atomic E-state index is 0.137. The largest absolute Gasteiger partial charge is 0.711 e. The van der Waals surface area contributed by atoms with E-state index in [1.165, 1.54) is 0 Å². The van der Waals surface area contributed by atoms with Crippen LogP contribution in [0, 0.1) is 22.9 Å². The predicted octanol–water partition coefficient (Wildman–Crippen LogP) is 1.38. The lowest BCUT2D eigenvalue weighted by molar-refractivity contribution is -0.591. The molecule has 1 aromatic rings. The van der Waals surface area contributed by atoms with Crippen molar-refractivity contribution in [3.8, 4) is 0 Å². The van der Waals surface area contributed by atoms with Gasteiger partial charge < -0.3 is 10.1 Å². The standard InChI is InChI=1S/C20H26F2N4O5/c21-15-5-6-18(26(31)11-15)23-19(28)17-8-16(22)10-25(17)20(29)14(9-24(30)12-27)7-13-3-1-2-4-13/h5-6,11-14,16-17,30H,1-4,7-10H2,(H,23,28)/t14-,16-,17+/m1/s1. The Hall–Kier alpha value is -2.82. The number of anilines is 1.